The third-order valence-electron chi connectivity index (χ3n) is 3.52. The van der Waals surface area contributed by atoms with Gasteiger partial charge in [0.05, 0.1) is 5.75 Å². The second kappa shape index (κ2) is 7.84. The van der Waals surface area contributed by atoms with E-state index in [1.165, 1.54) is 23.5 Å². The summed E-state index contributed by atoms with van der Waals surface area (Å²) < 4.78 is 0.763. The lowest BCUT2D eigenvalue weighted by molar-refractivity contribution is -0.645. The van der Waals surface area contributed by atoms with Gasteiger partial charge in [-0.3, -0.25) is 4.79 Å². The first-order chi connectivity index (χ1) is 10.6. The van der Waals surface area contributed by atoms with Gasteiger partial charge in [-0.2, -0.15) is 4.73 Å². The van der Waals surface area contributed by atoms with Crippen molar-refractivity contribution >= 4 is 23.4 Å². The fourth-order valence-corrected chi connectivity index (χ4v) is 2.71. The van der Waals surface area contributed by atoms with Gasteiger partial charge in [0.1, 0.15) is 0 Å². The second-order valence-electron chi connectivity index (χ2n) is 5.13. The highest BCUT2D eigenvalue weighted by atomic mass is 32.2. The summed E-state index contributed by atoms with van der Waals surface area (Å²) >= 11 is 1.22. The van der Waals surface area contributed by atoms with E-state index >= 15 is 0 Å². The molecule has 1 N–H and O–H groups in total. The molecule has 0 aliphatic heterocycles. The minimum Gasteiger partial charge on any atom is -0.618 e. The number of amides is 1. The van der Waals surface area contributed by atoms with Gasteiger partial charge < -0.3 is 10.5 Å². The number of rotatable bonds is 6. The molecule has 116 valence electrons. The number of nitrogens with one attached hydrogen (secondary N) is 1. The molecule has 0 aliphatic carbocycles. The summed E-state index contributed by atoms with van der Waals surface area (Å²) in [7, 11) is 0. The zero-order chi connectivity index (χ0) is 15.9. The van der Waals surface area contributed by atoms with Crippen LogP contribution in [0.15, 0.2) is 53.7 Å². The minimum absolute atomic E-state index is 0.120. The SMILES string of the molecule is CC[C@H](C)c1ccc(NC(=O)CSc2cccc[n+]2[O-])cc1. The van der Waals surface area contributed by atoms with Crippen molar-refractivity contribution in [2.75, 3.05) is 11.1 Å². The molecular formula is C17H20N2O2S. The van der Waals surface area contributed by atoms with E-state index in [2.05, 4.69) is 19.2 Å². The fraction of sp³-hybridized carbons (Fsp3) is 0.294. The molecular weight excluding hydrogens is 296 g/mol. The molecule has 0 aliphatic rings. The Morgan fingerprint density at radius 2 is 2.00 bits per heavy atom. The van der Waals surface area contributed by atoms with Gasteiger partial charge in [-0.05, 0) is 47.9 Å². The van der Waals surface area contributed by atoms with Crippen molar-refractivity contribution in [3.8, 4) is 0 Å². The molecule has 4 nitrogen and oxygen atoms in total. The van der Waals surface area contributed by atoms with Gasteiger partial charge in [0.15, 0.2) is 6.20 Å². The van der Waals surface area contributed by atoms with Gasteiger partial charge in [-0.1, -0.05) is 26.0 Å². The predicted octanol–water partition coefficient (Wildman–Crippen LogP) is 3.56. The number of pyridine rings is 1. The normalized spacial score (nSPS) is 11.9. The predicted molar refractivity (Wildman–Crippen MR) is 89.9 cm³/mol. The lowest BCUT2D eigenvalue weighted by Gasteiger charge is -2.10. The number of aromatic nitrogens is 1. The zero-order valence-electron chi connectivity index (χ0n) is 12.8. The molecule has 2 rings (SSSR count). The average Bonchev–Trinajstić information content (AvgIpc) is 2.54. The molecule has 1 atom stereocenters. The molecule has 0 fully saturated rings. The first-order valence-electron chi connectivity index (χ1n) is 7.31. The van der Waals surface area contributed by atoms with Crippen LogP contribution in [0.1, 0.15) is 31.7 Å². The van der Waals surface area contributed by atoms with Crippen LogP contribution in [-0.4, -0.2) is 11.7 Å². The van der Waals surface area contributed by atoms with E-state index in [9.17, 15) is 10.0 Å². The summed E-state index contributed by atoms with van der Waals surface area (Å²) in [6.45, 7) is 4.34. The maximum absolute atomic E-state index is 11.9. The third-order valence-corrected chi connectivity index (χ3v) is 4.53. The van der Waals surface area contributed by atoms with Gasteiger partial charge in [-0.15, -0.1) is 0 Å². The summed E-state index contributed by atoms with van der Waals surface area (Å²) in [5.41, 5.74) is 2.05. The molecule has 0 bridgehead atoms. The summed E-state index contributed by atoms with van der Waals surface area (Å²) in [5, 5.41) is 14.8. The molecule has 0 spiro atoms. The molecule has 1 heterocycles. The number of hydrogen-bond acceptors (Lipinski definition) is 3. The van der Waals surface area contributed by atoms with Gasteiger partial charge in [0.2, 0.25) is 5.91 Å². The van der Waals surface area contributed by atoms with Crippen LogP contribution in [-0.2, 0) is 4.79 Å². The van der Waals surface area contributed by atoms with Gasteiger partial charge in [-0.25, -0.2) is 0 Å². The van der Waals surface area contributed by atoms with Crippen LogP contribution >= 0.6 is 11.8 Å². The van der Waals surface area contributed by atoms with Crippen LogP contribution in [0.4, 0.5) is 5.69 Å². The maximum atomic E-state index is 11.9. The highest BCUT2D eigenvalue weighted by Gasteiger charge is 2.09. The molecule has 0 unspecified atom stereocenters. The van der Waals surface area contributed by atoms with E-state index < -0.39 is 0 Å². The van der Waals surface area contributed by atoms with E-state index in [-0.39, 0.29) is 11.7 Å². The Balaban J connectivity index is 1.88. The lowest BCUT2D eigenvalue weighted by Crippen LogP contribution is -2.28. The Labute approximate surface area is 135 Å². The minimum atomic E-state index is -0.120. The summed E-state index contributed by atoms with van der Waals surface area (Å²) in [6, 6.07) is 13.1. The van der Waals surface area contributed by atoms with E-state index in [0.717, 1.165) is 16.8 Å². The van der Waals surface area contributed by atoms with E-state index in [1.807, 2.05) is 24.3 Å². The lowest BCUT2D eigenvalue weighted by atomic mass is 9.99. The van der Waals surface area contributed by atoms with Crippen molar-refractivity contribution in [1.82, 2.24) is 0 Å². The van der Waals surface area contributed by atoms with Crippen LogP contribution in [0.5, 0.6) is 0 Å². The Hall–Kier alpha value is -2.01. The molecule has 0 saturated heterocycles. The molecule has 0 radical (unpaired) electrons. The first kappa shape index (κ1) is 16.4. The summed E-state index contributed by atoms with van der Waals surface area (Å²) in [4.78, 5) is 11.9. The Morgan fingerprint density at radius 3 is 2.64 bits per heavy atom. The van der Waals surface area contributed by atoms with Crippen molar-refractivity contribution in [3.63, 3.8) is 0 Å². The van der Waals surface area contributed by atoms with E-state index in [1.54, 1.807) is 18.2 Å². The van der Waals surface area contributed by atoms with Gasteiger partial charge in [0, 0.05) is 17.8 Å². The first-order valence-corrected chi connectivity index (χ1v) is 8.29. The smallest absolute Gasteiger partial charge is 0.251 e. The largest absolute Gasteiger partial charge is 0.618 e. The molecule has 1 aromatic heterocycles. The van der Waals surface area contributed by atoms with Crippen LogP contribution < -0.4 is 10.0 Å². The molecule has 22 heavy (non-hydrogen) atoms. The van der Waals surface area contributed by atoms with Crippen molar-refractivity contribution in [2.24, 2.45) is 0 Å². The number of nitrogens with zero attached hydrogens (tertiary/aromatic N) is 1. The topological polar surface area (TPSA) is 56.0 Å². The Morgan fingerprint density at radius 1 is 1.27 bits per heavy atom. The van der Waals surface area contributed by atoms with Crippen molar-refractivity contribution in [1.29, 1.82) is 0 Å². The molecule has 2 aromatic rings. The zero-order valence-corrected chi connectivity index (χ0v) is 13.6. The molecule has 0 saturated carbocycles. The molecule has 1 aromatic carbocycles. The number of carbonyl (C=O) groups excluding carboxylic acids is 1. The van der Waals surface area contributed by atoms with E-state index in [0.29, 0.717) is 10.9 Å². The molecule has 5 heteroatoms. The fourth-order valence-electron chi connectivity index (χ4n) is 1.99. The highest BCUT2D eigenvalue weighted by molar-refractivity contribution is 7.99. The Bertz CT molecular complexity index is 629. The van der Waals surface area contributed by atoms with Crippen LogP contribution in [0, 0.1) is 5.21 Å². The monoisotopic (exact) mass is 316 g/mol. The van der Waals surface area contributed by atoms with Crippen LogP contribution in [0.25, 0.3) is 0 Å². The molecule has 1 amide bonds. The Kier molecular flexibility index (Phi) is 5.83. The standard InChI is InChI=1S/C17H20N2O2S/c1-3-13(2)14-7-9-15(10-8-14)18-16(20)12-22-17-6-4-5-11-19(17)21/h4-11,13H,3,12H2,1-2H3,(H,18,20)/t13-/m0/s1. The number of thioether (sulfide) groups is 1. The van der Waals surface area contributed by atoms with Crippen LogP contribution in [0.3, 0.4) is 0 Å². The number of hydrogen-bond donors (Lipinski definition) is 1. The van der Waals surface area contributed by atoms with Crippen molar-refractivity contribution < 1.29 is 9.52 Å². The third kappa shape index (κ3) is 4.49. The van der Waals surface area contributed by atoms with Gasteiger partial charge in [0.25, 0.3) is 5.03 Å². The van der Waals surface area contributed by atoms with Crippen LogP contribution in [0.2, 0.25) is 0 Å². The second-order valence-corrected chi connectivity index (χ2v) is 6.13. The van der Waals surface area contributed by atoms with Crippen molar-refractivity contribution in [2.45, 2.75) is 31.2 Å². The number of carbonyl (C=O) groups is 1. The summed E-state index contributed by atoms with van der Waals surface area (Å²) in [5.74, 6) is 0.607. The quantitative estimate of drug-likeness (QED) is 0.503. The highest BCUT2D eigenvalue weighted by Crippen LogP contribution is 2.20. The average molecular weight is 316 g/mol. The number of benzene rings is 1. The maximum Gasteiger partial charge on any atom is 0.251 e. The summed E-state index contributed by atoms with van der Waals surface area (Å²) in [6.07, 6.45) is 2.52. The van der Waals surface area contributed by atoms with Crippen molar-refractivity contribution in [3.05, 3.63) is 59.4 Å². The van der Waals surface area contributed by atoms with Gasteiger partial charge >= 0.3 is 0 Å². The number of anilines is 1. The van der Waals surface area contributed by atoms with E-state index in [4.69, 9.17) is 0 Å².